The highest BCUT2D eigenvalue weighted by molar-refractivity contribution is 7.07. The number of fused-ring (bicyclic) bond motifs is 1. The molecule has 0 fully saturated rings. The molecule has 2 heterocycles. The van der Waals surface area contributed by atoms with E-state index in [1.54, 1.807) is 11.4 Å². The number of thiazole rings is 1. The van der Waals surface area contributed by atoms with E-state index in [9.17, 15) is 9.59 Å². The largest absolute Gasteiger partial charge is 0.350 e. The Morgan fingerprint density at radius 3 is 3.00 bits per heavy atom. The van der Waals surface area contributed by atoms with Crippen LogP contribution in [0.4, 0.5) is 0 Å². The second-order valence-corrected chi connectivity index (χ2v) is 6.03. The van der Waals surface area contributed by atoms with Gasteiger partial charge in [0.25, 0.3) is 5.91 Å². The van der Waals surface area contributed by atoms with Crippen LogP contribution in [0.3, 0.4) is 0 Å². The number of hydrogen-bond donors (Lipinski definition) is 2. The van der Waals surface area contributed by atoms with E-state index in [1.165, 1.54) is 12.0 Å². The minimum Gasteiger partial charge on any atom is -0.350 e. The lowest BCUT2D eigenvalue weighted by molar-refractivity contribution is 0.0949. The number of nitrogens with one attached hydrogen (secondary N) is 2. The SMILES string of the molecule is O=C(NCCc1csc(=O)[nH]1)c1ccc2c(n1)CCCC2. The number of aromatic amines is 1. The Balaban J connectivity index is 1.59. The Kier molecular flexibility index (Phi) is 4.15. The highest BCUT2D eigenvalue weighted by Gasteiger charge is 2.14. The molecule has 2 N–H and O–H groups in total. The van der Waals surface area contributed by atoms with Crippen molar-refractivity contribution in [3.63, 3.8) is 0 Å². The molecule has 0 aromatic carbocycles. The third-order valence-electron chi connectivity index (χ3n) is 3.66. The Morgan fingerprint density at radius 1 is 1.33 bits per heavy atom. The molecule has 0 saturated carbocycles. The van der Waals surface area contributed by atoms with Crippen LogP contribution in [-0.4, -0.2) is 22.4 Å². The normalized spacial score (nSPS) is 13.7. The standard InChI is InChI=1S/C15H17N3O2S/c19-14(16-8-7-11-9-21-15(20)17-11)13-6-5-10-3-1-2-4-12(10)18-13/h5-6,9H,1-4,7-8H2,(H,16,19)(H,17,20). The van der Waals surface area contributed by atoms with E-state index < -0.39 is 0 Å². The highest BCUT2D eigenvalue weighted by atomic mass is 32.1. The number of H-pyrrole nitrogens is 1. The number of rotatable bonds is 4. The van der Waals surface area contributed by atoms with E-state index in [-0.39, 0.29) is 10.8 Å². The fourth-order valence-corrected chi connectivity index (χ4v) is 3.16. The Labute approximate surface area is 126 Å². The zero-order valence-corrected chi connectivity index (χ0v) is 12.5. The smallest absolute Gasteiger partial charge is 0.304 e. The van der Waals surface area contributed by atoms with Gasteiger partial charge in [-0.15, -0.1) is 0 Å². The molecular formula is C15H17N3O2S. The van der Waals surface area contributed by atoms with Gasteiger partial charge < -0.3 is 10.3 Å². The topological polar surface area (TPSA) is 74.8 Å². The van der Waals surface area contributed by atoms with Gasteiger partial charge in [-0.3, -0.25) is 9.59 Å². The number of hydrogen-bond acceptors (Lipinski definition) is 4. The molecule has 1 amide bonds. The lowest BCUT2D eigenvalue weighted by Gasteiger charge is -2.15. The van der Waals surface area contributed by atoms with Crippen LogP contribution in [0.2, 0.25) is 0 Å². The maximum atomic E-state index is 12.1. The van der Waals surface area contributed by atoms with Crippen LogP contribution in [0.1, 0.15) is 40.3 Å². The van der Waals surface area contributed by atoms with E-state index in [1.807, 2.05) is 6.07 Å². The van der Waals surface area contributed by atoms with E-state index in [0.29, 0.717) is 18.7 Å². The molecule has 3 rings (SSSR count). The Bertz CT molecular complexity index is 705. The van der Waals surface area contributed by atoms with Crippen molar-refractivity contribution in [3.05, 3.63) is 49.8 Å². The summed E-state index contributed by atoms with van der Waals surface area (Å²) in [6.07, 6.45) is 5.01. The van der Waals surface area contributed by atoms with Crippen LogP contribution in [0, 0.1) is 0 Å². The summed E-state index contributed by atoms with van der Waals surface area (Å²) in [4.78, 5) is 30.2. The summed E-state index contributed by atoms with van der Waals surface area (Å²) in [5.74, 6) is -0.152. The molecule has 21 heavy (non-hydrogen) atoms. The van der Waals surface area contributed by atoms with Gasteiger partial charge in [-0.25, -0.2) is 4.98 Å². The number of aryl methyl sites for hydroxylation is 2. The molecule has 2 aromatic rings. The first-order chi connectivity index (χ1) is 10.2. The number of carbonyl (C=O) groups excluding carboxylic acids is 1. The summed E-state index contributed by atoms with van der Waals surface area (Å²) in [6.45, 7) is 0.490. The monoisotopic (exact) mass is 303 g/mol. The van der Waals surface area contributed by atoms with Crippen LogP contribution >= 0.6 is 11.3 Å². The van der Waals surface area contributed by atoms with Crippen molar-refractivity contribution in [1.29, 1.82) is 0 Å². The van der Waals surface area contributed by atoms with Gasteiger partial charge in [0.1, 0.15) is 5.69 Å². The lowest BCUT2D eigenvalue weighted by atomic mass is 9.96. The third kappa shape index (κ3) is 3.39. The number of nitrogens with zero attached hydrogens (tertiary/aromatic N) is 1. The van der Waals surface area contributed by atoms with Crippen LogP contribution in [-0.2, 0) is 19.3 Å². The fourth-order valence-electron chi connectivity index (χ4n) is 2.55. The second-order valence-electron chi connectivity index (χ2n) is 5.19. The molecule has 1 aliphatic carbocycles. The van der Waals surface area contributed by atoms with Crippen molar-refractivity contribution in [1.82, 2.24) is 15.3 Å². The lowest BCUT2D eigenvalue weighted by Crippen LogP contribution is -2.27. The van der Waals surface area contributed by atoms with Crippen molar-refractivity contribution >= 4 is 17.2 Å². The van der Waals surface area contributed by atoms with Gasteiger partial charge in [0, 0.05) is 29.7 Å². The maximum Gasteiger partial charge on any atom is 0.304 e. The van der Waals surface area contributed by atoms with Crippen LogP contribution in [0.25, 0.3) is 0 Å². The first-order valence-electron chi connectivity index (χ1n) is 7.16. The fraction of sp³-hybridized carbons (Fsp3) is 0.400. The number of amides is 1. The minimum absolute atomic E-state index is 0.0623. The maximum absolute atomic E-state index is 12.1. The Morgan fingerprint density at radius 2 is 2.19 bits per heavy atom. The van der Waals surface area contributed by atoms with E-state index in [0.717, 1.165) is 42.0 Å². The average molecular weight is 303 g/mol. The molecule has 5 nitrogen and oxygen atoms in total. The van der Waals surface area contributed by atoms with Crippen LogP contribution in [0.15, 0.2) is 22.3 Å². The Hall–Kier alpha value is -1.95. The van der Waals surface area contributed by atoms with Crippen molar-refractivity contribution in [2.24, 2.45) is 0 Å². The summed E-state index contributed by atoms with van der Waals surface area (Å²) in [5, 5.41) is 4.63. The second kappa shape index (κ2) is 6.22. The van der Waals surface area contributed by atoms with E-state index in [4.69, 9.17) is 0 Å². The molecule has 0 saturated heterocycles. The molecular weight excluding hydrogens is 286 g/mol. The molecule has 0 unspecified atom stereocenters. The zero-order chi connectivity index (χ0) is 14.7. The molecule has 2 aromatic heterocycles. The molecule has 0 aliphatic heterocycles. The summed E-state index contributed by atoms with van der Waals surface area (Å²) in [6, 6.07) is 3.82. The summed E-state index contributed by atoms with van der Waals surface area (Å²) >= 11 is 1.14. The van der Waals surface area contributed by atoms with Gasteiger partial charge in [-0.2, -0.15) is 0 Å². The number of pyridine rings is 1. The predicted molar refractivity (Wildman–Crippen MR) is 81.9 cm³/mol. The third-order valence-corrected chi connectivity index (χ3v) is 4.38. The van der Waals surface area contributed by atoms with Gasteiger partial charge in [0.15, 0.2) is 0 Å². The van der Waals surface area contributed by atoms with Crippen LogP contribution in [0.5, 0.6) is 0 Å². The summed E-state index contributed by atoms with van der Waals surface area (Å²) in [7, 11) is 0. The van der Waals surface area contributed by atoms with E-state index in [2.05, 4.69) is 15.3 Å². The van der Waals surface area contributed by atoms with Crippen LogP contribution < -0.4 is 10.2 Å². The van der Waals surface area contributed by atoms with Crippen molar-refractivity contribution in [2.75, 3.05) is 6.54 Å². The molecule has 110 valence electrons. The molecule has 6 heteroatoms. The number of carbonyl (C=O) groups is 1. The summed E-state index contributed by atoms with van der Waals surface area (Å²) < 4.78 is 0. The van der Waals surface area contributed by atoms with Gasteiger partial charge >= 0.3 is 4.87 Å². The highest BCUT2D eigenvalue weighted by Crippen LogP contribution is 2.19. The first-order valence-corrected chi connectivity index (χ1v) is 8.04. The molecule has 0 spiro atoms. The molecule has 1 aliphatic rings. The molecule has 0 bridgehead atoms. The summed E-state index contributed by atoms with van der Waals surface area (Å²) in [5.41, 5.74) is 3.67. The quantitative estimate of drug-likeness (QED) is 0.902. The molecule has 0 atom stereocenters. The van der Waals surface area contributed by atoms with Gasteiger partial charge in [0.05, 0.1) is 0 Å². The first kappa shape index (κ1) is 14.0. The van der Waals surface area contributed by atoms with Crippen molar-refractivity contribution in [3.8, 4) is 0 Å². The molecule has 0 radical (unpaired) electrons. The van der Waals surface area contributed by atoms with E-state index >= 15 is 0 Å². The van der Waals surface area contributed by atoms with Gasteiger partial charge in [-0.05, 0) is 37.3 Å². The van der Waals surface area contributed by atoms with Crippen molar-refractivity contribution < 1.29 is 4.79 Å². The average Bonchev–Trinajstić information content (AvgIpc) is 2.92. The predicted octanol–water partition coefficient (Wildman–Crippen LogP) is 1.68. The number of aromatic nitrogens is 2. The zero-order valence-electron chi connectivity index (χ0n) is 11.6. The van der Waals surface area contributed by atoms with Crippen molar-refractivity contribution in [2.45, 2.75) is 32.1 Å². The minimum atomic E-state index is -0.152. The van der Waals surface area contributed by atoms with Gasteiger partial charge in [-0.1, -0.05) is 17.4 Å². The van der Waals surface area contributed by atoms with Gasteiger partial charge in [0.2, 0.25) is 0 Å².